The second kappa shape index (κ2) is 9.78. The van der Waals surface area contributed by atoms with Crippen molar-refractivity contribution in [3.8, 4) is 0 Å². The van der Waals surface area contributed by atoms with E-state index in [4.69, 9.17) is 4.74 Å². The number of carbonyl (C=O) groups is 1. The van der Waals surface area contributed by atoms with E-state index in [-0.39, 0.29) is 30.8 Å². The average Bonchev–Trinajstić information content (AvgIpc) is 3.24. The molecular formula is C23H23F2N5O2. The summed E-state index contributed by atoms with van der Waals surface area (Å²) >= 11 is 0. The number of nitrogens with zero attached hydrogens (tertiary/aromatic N) is 5. The minimum atomic E-state index is -0.434. The molecule has 0 unspecified atom stereocenters. The Kier molecular flexibility index (Phi) is 6.65. The topological polar surface area (TPSA) is 73.1 Å². The van der Waals surface area contributed by atoms with Gasteiger partial charge in [-0.2, -0.15) is 0 Å². The van der Waals surface area contributed by atoms with Crippen molar-refractivity contribution in [2.45, 2.75) is 25.9 Å². The Hall–Kier alpha value is -3.46. The number of tetrazole rings is 1. The Balaban J connectivity index is 1.63. The highest BCUT2D eigenvalue weighted by Gasteiger charge is 2.30. The van der Waals surface area contributed by atoms with Gasteiger partial charge in [-0.05, 0) is 64.7 Å². The molecule has 1 aromatic heterocycles. The first-order valence-corrected chi connectivity index (χ1v) is 10.4. The van der Waals surface area contributed by atoms with Crippen molar-refractivity contribution in [1.82, 2.24) is 25.1 Å². The molecule has 0 bridgehead atoms. The second-order valence-corrected chi connectivity index (χ2v) is 7.44. The first-order valence-electron chi connectivity index (χ1n) is 10.4. The molecule has 1 atom stereocenters. The van der Waals surface area contributed by atoms with Gasteiger partial charge in [-0.15, -0.1) is 5.10 Å². The molecular weight excluding hydrogens is 416 g/mol. The number of carbonyl (C=O) groups excluding carboxylic acids is 1. The third-order valence-corrected chi connectivity index (χ3v) is 5.39. The Morgan fingerprint density at radius 1 is 1.09 bits per heavy atom. The normalized spacial score (nSPS) is 15.3. The molecule has 3 aromatic rings. The number of rotatable bonds is 7. The number of benzene rings is 2. The van der Waals surface area contributed by atoms with Gasteiger partial charge in [0.05, 0.1) is 12.6 Å². The molecule has 0 radical (unpaired) electrons. The van der Waals surface area contributed by atoms with Gasteiger partial charge >= 0.3 is 5.97 Å². The number of esters is 1. The lowest BCUT2D eigenvalue weighted by molar-refractivity contribution is -0.144. The standard InChI is InChI=1S/C23H23F2N5O2/c1-2-32-21(31)15-30-23(26-27-28-30)22(18-5-9-20(25)10-6-18)29-13-11-17(12-14-29)16-3-7-19(24)8-4-16/h3-11,22H,2,12-15H2,1H3/t22-/m1/s1. The minimum absolute atomic E-state index is 0.113. The van der Waals surface area contributed by atoms with Crippen LogP contribution < -0.4 is 0 Å². The fourth-order valence-corrected chi connectivity index (χ4v) is 3.86. The van der Waals surface area contributed by atoms with Crippen LogP contribution in [0.2, 0.25) is 0 Å². The lowest BCUT2D eigenvalue weighted by Crippen LogP contribution is -2.35. The quantitative estimate of drug-likeness (QED) is 0.526. The molecule has 0 spiro atoms. The van der Waals surface area contributed by atoms with E-state index in [2.05, 4.69) is 26.5 Å². The minimum Gasteiger partial charge on any atom is -0.465 e. The summed E-state index contributed by atoms with van der Waals surface area (Å²) in [5.74, 6) is -0.563. The van der Waals surface area contributed by atoms with Crippen LogP contribution in [-0.4, -0.2) is 50.8 Å². The largest absolute Gasteiger partial charge is 0.465 e. The van der Waals surface area contributed by atoms with Crippen LogP contribution >= 0.6 is 0 Å². The van der Waals surface area contributed by atoms with Gasteiger partial charge in [0, 0.05) is 13.1 Å². The van der Waals surface area contributed by atoms with E-state index in [1.54, 1.807) is 31.2 Å². The van der Waals surface area contributed by atoms with Crippen LogP contribution in [0.1, 0.15) is 36.3 Å². The summed E-state index contributed by atoms with van der Waals surface area (Å²) in [6.07, 6.45) is 2.83. The number of aromatic nitrogens is 4. The van der Waals surface area contributed by atoms with Crippen LogP contribution in [-0.2, 0) is 16.1 Å². The summed E-state index contributed by atoms with van der Waals surface area (Å²) < 4.78 is 33.3. The monoisotopic (exact) mass is 439 g/mol. The molecule has 0 saturated heterocycles. The van der Waals surface area contributed by atoms with Gasteiger partial charge in [0.25, 0.3) is 0 Å². The maximum Gasteiger partial charge on any atom is 0.327 e. The van der Waals surface area contributed by atoms with Crippen LogP contribution in [0.15, 0.2) is 54.6 Å². The van der Waals surface area contributed by atoms with E-state index in [1.165, 1.54) is 28.9 Å². The molecule has 2 heterocycles. The predicted octanol–water partition coefficient (Wildman–Crippen LogP) is 3.39. The van der Waals surface area contributed by atoms with Gasteiger partial charge in [-0.25, -0.2) is 13.5 Å². The van der Waals surface area contributed by atoms with E-state index in [9.17, 15) is 13.6 Å². The molecule has 166 valence electrons. The maximum atomic E-state index is 13.6. The third kappa shape index (κ3) is 4.88. The van der Waals surface area contributed by atoms with Gasteiger partial charge < -0.3 is 4.74 Å². The lowest BCUT2D eigenvalue weighted by atomic mass is 9.96. The second-order valence-electron chi connectivity index (χ2n) is 7.44. The molecule has 0 amide bonds. The first-order chi connectivity index (χ1) is 15.5. The molecule has 9 heteroatoms. The van der Waals surface area contributed by atoms with Crippen molar-refractivity contribution in [3.63, 3.8) is 0 Å². The van der Waals surface area contributed by atoms with Crippen molar-refractivity contribution in [2.24, 2.45) is 0 Å². The highest BCUT2D eigenvalue weighted by molar-refractivity contribution is 5.69. The fraction of sp³-hybridized carbons (Fsp3) is 0.304. The van der Waals surface area contributed by atoms with Crippen molar-refractivity contribution < 1.29 is 18.3 Å². The zero-order chi connectivity index (χ0) is 22.5. The zero-order valence-corrected chi connectivity index (χ0v) is 17.6. The molecule has 7 nitrogen and oxygen atoms in total. The molecule has 32 heavy (non-hydrogen) atoms. The molecule has 1 aliphatic heterocycles. The van der Waals surface area contributed by atoms with Gasteiger partial charge in [0.2, 0.25) is 0 Å². The smallest absolute Gasteiger partial charge is 0.327 e. The van der Waals surface area contributed by atoms with Crippen molar-refractivity contribution in [1.29, 1.82) is 0 Å². The van der Waals surface area contributed by atoms with E-state index in [0.717, 1.165) is 23.1 Å². The van der Waals surface area contributed by atoms with Crippen molar-refractivity contribution >= 4 is 11.5 Å². The van der Waals surface area contributed by atoms with E-state index < -0.39 is 5.97 Å². The predicted molar refractivity (Wildman–Crippen MR) is 113 cm³/mol. The summed E-state index contributed by atoms with van der Waals surface area (Å²) in [5.41, 5.74) is 2.92. The maximum absolute atomic E-state index is 13.6. The SMILES string of the molecule is CCOC(=O)Cn1nnnc1[C@@H](c1ccc(F)cc1)N1CC=C(c2ccc(F)cc2)CC1. The summed E-state index contributed by atoms with van der Waals surface area (Å²) in [4.78, 5) is 14.2. The van der Waals surface area contributed by atoms with E-state index in [1.807, 2.05) is 0 Å². The highest BCUT2D eigenvalue weighted by atomic mass is 19.1. The fourth-order valence-electron chi connectivity index (χ4n) is 3.86. The Labute approximate surface area is 184 Å². The van der Waals surface area contributed by atoms with Crippen LogP contribution in [0.5, 0.6) is 0 Å². The van der Waals surface area contributed by atoms with Gasteiger partial charge in [-0.1, -0.05) is 30.3 Å². The number of halogens is 2. The van der Waals surface area contributed by atoms with Crippen LogP contribution in [0, 0.1) is 11.6 Å². The molecule has 4 rings (SSSR count). The van der Waals surface area contributed by atoms with Gasteiger partial charge in [0.1, 0.15) is 18.2 Å². The molecule has 1 aliphatic rings. The van der Waals surface area contributed by atoms with Crippen LogP contribution in [0.25, 0.3) is 5.57 Å². The Morgan fingerprint density at radius 2 is 1.78 bits per heavy atom. The molecule has 0 saturated carbocycles. The zero-order valence-electron chi connectivity index (χ0n) is 17.6. The molecule has 0 aliphatic carbocycles. The van der Waals surface area contributed by atoms with Crippen LogP contribution in [0.4, 0.5) is 8.78 Å². The molecule has 0 N–H and O–H groups in total. The van der Waals surface area contributed by atoms with Gasteiger partial charge in [0.15, 0.2) is 5.82 Å². The van der Waals surface area contributed by atoms with Crippen molar-refractivity contribution in [2.75, 3.05) is 19.7 Å². The third-order valence-electron chi connectivity index (χ3n) is 5.39. The summed E-state index contributed by atoms with van der Waals surface area (Å²) in [5, 5.41) is 11.9. The highest BCUT2D eigenvalue weighted by Crippen LogP contribution is 2.32. The van der Waals surface area contributed by atoms with Crippen molar-refractivity contribution in [3.05, 3.63) is 83.2 Å². The lowest BCUT2D eigenvalue weighted by Gasteiger charge is -2.33. The molecule has 0 fully saturated rings. The molecule has 2 aromatic carbocycles. The number of hydrogen-bond donors (Lipinski definition) is 0. The summed E-state index contributed by atoms with van der Waals surface area (Å²) in [6, 6.07) is 12.2. The average molecular weight is 439 g/mol. The van der Waals surface area contributed by atoms with Crippen LogP contribution in [0.3, 0.4) is 0 Å². The Bertz CT molecular complexity index is 1100. The van der Waals surface area contributed by atoms with E-state index in [0.29, 0.717) is 18.9 Å². The van der Waals surface area contributed by atoms with Gasteiger partial charge in [-0.3, -0.25) is 9.69 Å². The first kappa shape index (κ1) is 21.8. The summed E-state index contributed by atoms with van der Waals surface area (Å²) in [6.45, 7) is 3.15. The van der Waals surface area contributed by atoms with E-state index >= 15 is 0 Å². The summed E-state index contributed by atoms with van der Waals surface area (Å²) in [7, 11) is 0. The number of hydrogen-bond acceptors (Lipinski definition) is 6. The Morgan fingerprint density at radius 3 is 2.41 bits per heavy atom. The number of ether oxygens (including phenoxy) is 1.